The molecular weight excluding hydrogens is 402 g/mol. The minimum Gasteiger partial charge on any atom is -0.493 e. The van der Waals surface area contributed by atoms with Crippen molar-refractivity contribution >= 4 is 11.8 Å². The molecule has 3 N–H and O–H groups in total. The number of benzene rings is 2. The molecule has 0 unspecified atom stereocenters. The molecule has 0 spiro atoms. The molecule has 1 fully saturated rings. The molecule has 5 rings (SSSR count). The van der Waals surface area contributed by atoms with Crippen molar-refractivity contribution in [1.29, 1.82) is 0 Å². The van der Waals surface area contributed by atoms with E-state index in [0.717, 1.165) is 5.56 Å². The Kier molecular flexibility index (Phi) is 6.13. The molecule has 31 heavy (non-hydrogen) atoms. The first kappa shape index (κ1) is 20.8. The lowest BCUT2D eigenvalue weighted by Gasteiger charge is -2.23. The third-order valence-corrected chi connectivity index (χ3v) is 5.26. The van der Waals surface area contributed by atoms with Gasteiger partial charge in [-0.3, -0.25) is 9.59 Å². The van der Waals surface area contributed by atoms with Crippen molar-refractivity contribution in [1.82, 2.24) is 16.0 Å². The molecule has 2 atom stereocenters. The van der Waals surface area contributed by atoms with Crippen LogP contribution in [0, 0.1) is 0 Å². The molecule has 0 saturated carbocycles. The Morgan fingerprint density at radius 2 is 1.81 bits per heavy atom. The Bertz CT molecular complexity index is 980. The van der Waals surface area contributed by atoms with Gasteiger partial charge in [-0.2, -0.15) is 0 Å². The van der Waals surface area contributed by atoms with Crippen molar-refractivity contribution in [2.24, 2.45) is 0 Å². The van der Waals surface area contributed by atoms with Gasteiger partial charge in [0.25, 0.3) is 11.8 Å². The largest absolute Gasteiger partial charge is 0.493 e. The van der Waals surface area contributed by atoms with Crippen LogP contribution in [0.25, 0.3) is 0 Å². The molecule has 9 heteroatoms. The number of nitrogens with one attached hydrogen (secondary N) is 3. The number of methoxy groups -OCH3 is 2. The molecule has 9 nitrogen and oxygen atoms in total. The number of hydrogen-bond acceptors (Lipinski definition) is 7. The summed E-state index contributed by atoms with van der Waals surface area (Å²) in [7, 11) is 3.06. The van der Waals surface area contributed by atoms with Gasteiger partial charge in [0, 0.05) is 25.2 Å². The molecule has 3 aliphatic rings. The van der Waals surface area contributed by atoms with Crippen LogP contribution >= 0.6 is 0 Å². The number of ether oxygens (including phenoxy) is 4. The van der Waals surface area contributed by atoms with E-state index in [1.807, 2.05) is 12.1 Å². The quantitative estimate of drug-likeness (QED) is 0.653. The lowest BCUT2D eigenvalue weighted by molar-refractivity contribution is -0.123. The van der Waals surface area contributed by atoms with Crippen molar-refractivity contribution in [2.45, 2.75) is 18.7 Å². The summed E-state index contributed by atoms with van der Waals surface area (Å²) >= 11 is 0. The lowest BCUT2D eigenvalue weighted by atomic mass is 10.1. The Labute approximate surface area is 180 Å². The minimum atomic E-state index is -0.305. The van der Waals surface area contributed by atoms with Gasteiger partial charge in [-0.05, 0) is 35.9 Å². The molecule has 2 aromatic rings. The summed E-state index contributed by atoms with van der Waals surface area (Å²) in [6.45, 7) is 1.26. The highest BCUT2D eigenvalue weighted by Gasteiger charge is 2.31. The molecule has 164 valence electrons. The van der Waals surface area contributed by atoms with Gasteiger partial charge in [-0.1, -0.05) is 6.07 Å². The Hall–Kier alpha value is -3.46. The van der Waals surface area contributed by atoms with Crippen LogP contribution in [-0.4, -0.2) is 57.9 Å². The fourth-order valence-corrected chi connectivity index (χ4v) is 3.58. The summed E-state index contributed by atoms with van der Waals surface area (Å²) in [5.41, 5.74) is 1.25. The van der Waals surface area contributed by atoms with Crippen LogP contribution in [0.4, 0.5) is 0 Å². The van der Waals surface area contributed by atoms with E-state index < -0.39 is 0 Å². The van der Waals surface area contributed by atoms with E-state index in [4.69, 9.17) is 18.9 Å². The van der Waals surface area contributed by atoms with Crippen molar-refractivity contribution in [3.63, 3.8) is 0 Å². The second-order valence-electron chi connectivity index (χ2n) is 7.31. The van der Waals surface area contributed by atoms with Gasteiger partial charge in [-0.15, -0.1) is 0 Å². The number of rotatable bonds is 2. The van der Waals surface area contributed by atoms with Gasteiger partial charge in [0.2, 0.25) is 0 Å². The topological polar surface area (TPSA) is 107 Å². The maximum absolute atomic E-state index is 12.9. The Morgan fingerprint density at radius 3 is 2.61 bits per heavy atom. The first-order valence-corrected chi connectivity index (χ1v) is 10.00. The number of fused-ring (bicyclic) bond motifs is 7. The van der Waals surface area contributed by atoms with Gasteiger partial charge in [-0.25, -0.2) is 0 Å². The van der Waals surface area contributed by atoms with E-state index in [9.17, 15) is 9.59 Å². The second kappa shape index (κ2) is 9.13. The summed E-state index contributed by atoms with van der Waals surface area (Å²) in [6.07, 6.45) is -0.270. The maximum atomic E-state index is 12.9. The molecule has 2 amide bonds. The zero-order valence-electron chi connectivity index (χ0n) is 17.4. The van der Waals surface area contributed by atoms with Crippen molar-refractivity contribution < 1.29 is 28.5 Å². The number of hydrogen-bond donors (Lipinski definition) is 3. The van der Waals surface area contributed by atoms with Crippen LogP contribution in [0.1, 0.15) is 15.9 Å². The predicted octanol–water partition coefficient (Wildman–Crippen LogP) is 0.862. The van der Waals surface area contributed by atoms with Gasteiger partial charge >= 0.3 is 0 Å². The van der Waals surface area contributed by atoms with Gasteiger partial charge < -0.3 is 34.9 Å². The molecular formula is C22H25N3O6. The molecule has 4 bridgehead atoms. The number of carbonyl (C=O) groups is 2. The lowest BCUT2D eigenvalue weighted by Crippen LogP contribution is -2.45. The molecule has 2 aromatic carbocycles. The zero-order valence-corrected chi connectivity index (χ0v) is 17.4. The summed E-state index contributed by atoms with van der Waals surface area (Å²) in [6, 6.07) is 10.1. The standard InChI is InChI=1S/C22H25N3O6/c1-28-16-6-4-14-8-19(16)30-12-21(26)24-9-13-3-5-17(18(7-13)29-2)31-20-11-23-10-15(20)25-22(14)27/h3-8,15,20,23H,9-12H2,1-2H3,(H,24,26)(H,25,27)/t15-,20-/m0/s1. The summed E-state index contributed by atoms with van der Waals surface area (Å²) in [5, 5.41) is 9.07. The van der Waals surface area contributed by atoms with E-state index in [1.165, 1.54) is 7.11 Å². The summed E-state index contributed by atoms with van der Waals surface area (Å²) < 4.78 is 22.6. The van der Waals surface area contributed by atoms with Crippen LogP contribution in [-0.2, 0) is 11.3 Å². The molecule has 0 aromatic heterocycles. The molecule has 3 aliphatic heterocycles. The van der Waals surface area contributed by atoms with Gasteiger partial charge in [0.05, 0.1) is 20.3 Å². The minimum absolute atomic E-state index is 0.214. The first-order valence-electron chi connectivity index (χ1n) is 10.00. The highest BCUT2D eigenvalue weighted by atomic mass is 16.5. The fourth-order valence-electron chi connectivity index (χ4n) is 3.58. The van der Waals surface area contributed by atoms with Crippen molar-refractivity contribution in [2.75, 3.05) is 33.9 Å². The molecule has 1 saturated heterocycles. The Morgan fingerprint density at radius 1 is 0.968 bits per heavy atom. The monoisotopic (exact) mass is 427 g/mol. The van der Waals surface area contributed by atoms with Crippen LogP contribution in [0.5, 0.6) is 23.0 Å². The maximum Gasteiger partial charge on any atom is 0.258 e. The zero-order chi connectivity index (χ0) is 21.8. The number of carbonyl (C=O) groups excluding carboxylic acids is 2. The van der Waals surface area contributed by atoms with Crippen molar-refractivity contribution in [3.05, 3.63) is 47.5 Å². The third kappa shape index (κ3) is 4.66. The highest BCUT2D eigenvalue weighted by Crippen LogP contribution is 2.31. The number of amides is 2. The van der Waals surface area contributed by atoms with E-state index in [-0.39, 0.29) is 30.6 Å². The van der Waals surface area contributed by atoms with Crippen molar-refractivity contribution in [3.8, 4) is 23.0 Å². The van der Waals surface area contributed by atoms with Crippen LogP contribution < -0.4 is 34.9 Å². The molecule has 0 aliphatic carbocycles. The van der Waals surface area contributed by atoms with Crippen LogP contribution in [0.3, 0.4) is 0 Å². The SMILES string of the molecule is COc1ccc2cc1OCC(=O)NCc1ccc(c(OC)c1)O[C@H]1CNC[C@@H]1NC2=O. The molecule has 0 radical (unpaired) electrons. The van der Waals surface area contributed by atoms with E-state index in [0.29, 0.717) is 48.2 Å². The normalized spacial score (nSPS) is 21.1. The van der Waals surface area contributed by atoms with E-state index >= 15 is 0 Å². The average molecular weight is 427 g/mol. The van der Waals surface area contributed by atoms with E-state index in [1.54, 1.807) is 31.4 Å². The fraction of sp³-hybridized carbons (Fsp3) is 0.364. The smallest absolute Gasteiger partial charge is 0.258 e. The van der Waals surface area contributed by atoms with E-state index in [2.05, 4.69) is 16.0 Å². The average Bonchev–Trinajstić information content (AvgIpc) is 3.22. The highest BCUT2D eigenvalue weighted by molar-refractivity contribution is 5.95. The summed E-state index contributed by atoms with van der Waals surface area (Å²) in [4.78, 5) is 25.1. The first-order chi connectivity index (χ1) is 15.1. The molecule has 3 heterocycles. The van der Waals surface area contributed by atoms with Gasteiger partial charge in [0.15, 0.2) is 29.6 Å². The van der Waals surface area contributed by atoms with Crippen LogP contribution in [0.15, 0.2) is 36.4 Å². The summed E-state index contributed by atoms with van der Waals surface area (Å²) in [5.74, 6) is 1.31. The second-order valence-corrected chi connectivity index (χ2v) is 7.31. The predicted molar refractivity (Wildman–Crippen MR) is 112 cm³/mol. The third-order valence-electron chi connectivity index (χ3n) is 5.26. The van der Waals surface area contributed by atoms with Crippen LogP contribution in [0.2, 0.25) is 0 Å². The van der Waals surface area contributed by atoms with Gasteiger partial charge in [0.1, 0.15) is 6.10 Å². The Balaban J connectivity index is 1.66.